The van der Waals surface area contributed by atoms with Gasteiger partial charge in [0.2, 0.25) is 17.8 Å². The van der Waals surface area contributed by atoms with Crippen LogP contribution in [0.25, 0.3) is 0 Å². The lowest BCUT2D eigenvalue weighted by atomic mass is 9.84. The van der Waals surface area contributed by atoms with Gasteiger partial charge in [0.05, 0.1) is 37.4 Å². The Labute approximate surface area is 242 Å². The molecule has 1 aliphatic heterocycles. The van der Waals surface area contributed by atoms with Crippen LogP contribution in [0.5, 0.6) is 0 Å². The minimum atomic E-state index is -0.738. The third-order valence-corrected chi connectivity index (χ3v) is 6.63. The lowest BCUT2D eigenvalue weighted by Gasteiger charge is -2.23. The number of benzene rings is 1. The van der Waals surface area contributed by atoms with Crippen molar-refractivity contribution in [1.29, 1.82) is 0 Å². The van der Waals surface area contributed by atoms with Crippen LogP contribution < -0.4 is 16.0 Å². The Bertz CT molecular complexity index is 1260. The number of guanidine groups is 1. The molecule has 216 valence electrons. The molecule has 1 aliphatic carbocycles. The summed E-state index contributed by atoms with van der Waals surface area (Å²) in [5.41, 5.74) is 2.19. The molecule has 5 N–H and O–H groups in total. The number of hydrogen-bond donors (Lipinski definition) is 5. The first-order valence-corrected chi connectivity index (χ1v) is 13.8. The van der Waals surface area contributed by atoms with E-state index in [-0.39, 0.29) is 49.4 Å². The number of aliphatic imine (C=N–C) groups is 2. The molecule has 1 heterocycles. The van der Waals surface area contributed by atoms with Gasteiger partial charge in [0, 0.05) is 35.6 Å². The van der Waals surface area contributed by atoms with Crippen molar-refractivity contribution in [2.75, 3.05) is 32.8 Å². The van der Waals surface area contributed by atoms with E-state index in [1.807, 2.05) is 18.2 Å². The summed E-state index contributed by atoms with van der Waals surface area (Å²) in [5, 5.41) is 27.7. The molecule has 0 fully saturated rings. The second-order valence-corrected chi connectivity index (χ2v) is 11.4. The van der Waals surface area contributed by atoms with E-state index in [0.717, 1.165) is 10.0 Å². The lowest BCUT2D eigenvalue weighted by Crippen LogP contribution is -2.40. The number of carbonyl (C=O) groups is 3. The molecule has 1 unspecified atom stereocenters. The van der Waals surface area contributed by atoms with Gasteiger partial charge in [-0.3, -0.25) is 14.4 Å². The fraction of sp³-hybridized carbons (Fsp3) is 0.464. The average molecular weight is 619 g/mol. The zero-order valence-corrected chi connectivity index (χ0v) is 24.7. The first-order chi connectivity index (χ1) is 18.8. The molecule has 12 heteroatoms. The molecule has 3 rings (SSSR count). The molecule has 1 aromatic rings. The lowest BCUT2D eigenvalue weighted by molar-refractivity contribution is -0.145. The quantitative estimate of drug-likeness (QED) is 0.279. The molecule has 2 aliphatic rings. The third-order valence-electron chi connectivity index (χ3n) is 6.17. The van der Waals surface area contributed by atoms with Gasteiger partial charge in [0.25, 0.3) is 0 Å². The zero-order valence-electron chi connectivity index (χ0n) is 23.1. The van der Waals surface area contributed by atoms with Gasteiger partial charge < -0.3 is 30.9 Å². The largest absolute Gasteiger partial charge is 0.508 e. The molecule has 0 radical (unpaired) electrons. The molecule has 0 saturated carbocycles. The average Bonchev–Trinajstić information content (AvgIpc) is 2.88. The second kappa shape index (κ2) is 13.7. The molecule has 0 spiro atoms. The van der Waals surface area contributed by atoms with Gasteiger partial charge in [-0.2, -0.15) is 0 Å². The number of nitrogens with zero attached hydrogens (tertiary/aromatic N) is 2. The predicted molar refractivity (Wildman–Crippen MR) is 155 cm³/mol. The number of ether oxygens (including phenoxy) is 1. The van der Waals surface area contributed by atoms with Gasteiger partial charge >= 0.3 is 5.97 Å². The van der Waals surface area contributed by atoms with Crippen molar-refractivity contribution < 1.29 is 29.3 Å². The Morgan fingerprint density at radius 2 is 1.98 bits per heavy atom. The molecule has 0 aromatic heterocycles. The Hall–Kier alpha value is -3.51. The number of aliphatic hydroxyl groups is 2. The normalized spacial score (nSPS) is 19.0. The Balaban J connectivity index is 1.61. The molecule has 11 nitrogen and oxygen atoms in total. The van der Waals surface area contributed by atoms with E-state index in [4.69, 9.17) is 4.74 Å². The Morgan fingerprint density at radius 1 is 1.23 bits per heavy atom. The molecular formula is C28H36BrN5O6. The molecule has 1 aromatic carbocycles. The number of rotatable bonds is 8. The standard InChI is InChI=1S/C28H36BrN5O6/c1-5-40-26(39)23(16-6-18(28(2,3)4)10-19(29)7-16)14-30-24(37)15-31-25(38)17-8-20(11-21(35)9-17)34-27-32-12-22(36)13-33-27/h6-7,9-11,22-23,35-36H,5,8,12-15H2,1-4H3,(H,30,37)(H,31,38)(H,32,33)/t23-/m1/s1. The van der Waals surface area contributed by atoms with Crippen LogP contribution in [0.4, 0.5) is 0 Å². The summed E-state index contributed by atoms with van der Waals surface area (Å²) in [4.78, 5) is 46.6. The number of hydrogen-bond acceptors (Lipinski definition) is 9. The van der Waals surface area contributed by atoms with Crippen LogP contribution in [0, 0.1) is 0 Å². The number of β-amino-alcohol motifs (C(OH)–C–C–N with tert-alkyl or cyclic N) is 1. The maximum absolute atomic E-state index is 12.8. The van der Waals surface area contributed by atoms with E-state index in [1.54, 1.807) is 6.92 Å². The number of aliphatic hydroxyl groups excluding tert-OH is 2. The molecule has 2 atom stereocenters. The zero-order chi connectivity index (χ0) is 29.4. The molecule has 2 amide bonds. The Kier molecular flexibility index (Phi) is 10.6. The van der Waals surface area contributed by atoms with Crippen LogP contribution in [0.1, 0.15) is 51.2 Å². The number of carbonyl (C=O) groups excluding carboxylic acids is 3. The maximum atomic E-state index is 12.8. The van der Waals surface area contributed by atoms with Crippen LogP contribution in [0.2, 0.25) is 0 Å². The van der Waals surface area contributed by atoms with Gasteiger partial charge in [-0.05, 0) is 41.7 Å². The summed E-state index contributed by atoms with van der Waals surface area (Å²) in [5.74, 6) is -2.08. The van der Waals surface area contributed by atoms with E-state index in [0.29, 0.717) is 23.8 Å². The van der Waals surface area contributed by atoms with Crippen molar-refractivity contribution in [2.24, 2.45) is 9.98 Å². The summed E-state index contributed by atoms with van der Waals surface area (Å²) in [6.07, 6.45) is 2.25. The topological polar surface area (TPSA) is 162 Å². The maximum Gasteiger partial charge on any atom is 0.315 e. The van der Waals surface area contributed by atoms with Crippen LogP contribution >= 0.6 is 15.9 Å². The van der Waals surface area contributed by atoms with Gasteiger partial charge in [0.1, 0.15) is 5.76 Å². The van der Waals surface area contributed by atoms with Crippen molar-refractivity contribution in [3.05, 3.63) is 57.3 Å². The number of nitrogens with one attached hydrogen (secondary N) is 3. The fourth-order valence-electron chi connectivity index (χ4n) is 4.02. The van der Waals surface area contributed by atoms with E-state index >= 15 is 0 Å². The Morgan fingerprint density at radius 3 is 2.62 bits per heavy atom. The van der Waals surface area contributed by atoms with Crippen LogP contribution in [-0.2, 0) is 24.5 Å². The molecular weight excluding hydrogens is 582 g/mol. The minimum Gasteiger partial charge on any atom is -0.508 e. The summed E-state index contributed by atoms with van der Waals surface area (Å²) < 4.78 is 6.08. The monoisotopic (exact) mass is 617 g/mol. The number of allylic oxidation sites excluding steroid dienone is 2. The van der Waals surface area contributed by atoms with Crippen molar-refractivity contribution in [3.8, 4) is 0 Å². The van der Waals surface area contributed by atoms with E-state index in [9.17, 15) is 24.6 Å². The number of esters is 1. The fourth-order valence-corrected chi connectivity index (χ4v) is 4.53. The summed E-state index contributed by atoms with van der Waals surface area (Å²) in [6, 6.07) is 5.76. The number of halogens is 1. The number of amides is 2. The molecule has 40 heavy (non-hydrogen) atoms. The summed E-state index contributed by atoms with van der Waals surface area (Å²) in [7, 11) is 0. The highest BCUT2D eigenvalue weighted by molar-refractivity contribution is 9.10. The highest BCUT2D eigenvalue weighted by Crippen LogP contribution is 2.30. The first kappa shape index (κ1) is 31.0. The van der Waals surface area contributed by atoms with E-state index < -0.39 is 29.8 Å². The minimum absolute atomic E-state index is 0.0135. The SMILES string of the molecule is CCOC(=O)[C@H](CNC(=O)CNC(=O)C1=CC(O)=CC(=NC2=NCC(O)CN2)C1)c1cc(Br)cc(C(C)(C)C)c1. The molecule has 0 saturated heterocycles. The second-order valence-electron chi connectivity index (χ2n) is 10.5. The van der Waals surface area contributed by atoms with E-state index in [1.165, 1.54) is 12.2 Å². The summed E-state index contributed by atoms with van der Waals surface area (Å²) >= 11 is 3.52. The highest BCUT2D eigenvalue weighted by atomic mass is 79.9. The highest BCUT2D eigenvalue weighted by Gasteiger charge is 2.26. The van der Waals surface area contributed by atoms with Gasteiger partial charge in [0.15, 0.2) is 0 Å². The van der Waals surface area contributed by atoms with Crippen molar-refractivity contribution in [1.82, 2.24) is 16.0 Å². The first-order valence-electron chi connectivity index (χ1n) is 13.0. The molecule has 0 bridgehead atoms. The van der Waals surface area contributed by atoms with E-state index in [2.05, 4.69) is 62.6 Å². The smallest absolute Gasteiger partial charge is 0.315 e. The van der Waals surface area contributed by atoms with Crippen LogP contribution in [0.15, 0.2) is 56.1 Å². The van der Waals surface area contributed by atoms with Gasteiger partial charge in [-0.1, -0.05) is 42.8 Å². The van der Waals surface area contributed by atoms with Gasteiger partial charge in [-0.15, -0.1) is 0 Å². The van der Waals surface area contributed by atoms with Crippen LogP contribution in [0.3, 0.4) is 0 Å². The predicted octanol–water partition coefficient (Wildman–Crippen LogP) is 2.16. The summed E-state index contributed by atoms with van der Waals surface area (Å²) in [6.45, 7) is 8.30. The third kappa shape index (κ3) is 9.02. The van der Waals surface area contributed by atoms with Crippen molar-refractivity contribution >= 4 is 45.4 Å². The van der Waals surface area contributed by atoms with Crippen molar-refractivity contribution in [3.63, 3.8) is 0 Å². The van der Waals surface area contributed by atoms with Crippen molar-refractivity contribution in [2.45, 2.75) is 51.6 Å². The van der Waals surface area contributed by atoms with Gasteiger partial charge in [-0.25, -0.2) is 9.98 Å². The van der Waals surface area contributed by atoms with Crippen LogP contribution in [-0.4, -0.2) is 78.6 Å².